The lowest BCUT2D eigenvalue weighted by Crippen LogP contribution is -1.94. The first kappa shape index (κ1) is 12.2. The Labute approximate surface area is 114 Å². The topological polar surface area (TPSA) is 20.2 Å². The number of rotatable bonds is 3. The van der Waals surface area contributed by atoms with Gasteiger partial charge in [0.1, 0.15) is 0 Å². The second-order valence-corrected chi connectivity index (χ2v) is 4.95. The van der Waals surface area contributed by atoms with Crippen molar-refractivity contribution in [2.45, 2.75) is 19.8 Å². The van der Waals surface area contributed by atoms with Crippen LogP contribution in [0, 0.1) is 0 Å². The van der Waals surface area contributed by atoms with E-state index in [0.717, 1.165) is 12.8 Å². The number of hydrogen-bond donors (Lipinski definition) is 1. The number of aliphatic hydroxyl groups excluding tert-OH is 1. The molecule has 0 aromatic heterocycles. The van der Waals surface area contributed by atoms with Gasteiger partial charge in [0.2, 0.25) is 0 Å². The van der Waals surface area contributed by atoms with Crippen molar-refractivity contribution in [3.8, 4) is 11.1 Å². The van der Waals surface area contributed by atoms with E-state index in [1.807, 2.05) is 6.92 Å². The molecule has 1 aliphatic carbocycles. The standard InChI is InChI=1S/C18H18O/c1-2-13(10-11-19)15-8-5-9-17-16-7-4-3-6-14(16)12-18(15)17/h2-9,19H,10-12H2,1H3. The molecule has 19 heavy (non-hydrogen) atoms. The molecule has 0 fully saturated rings. The maximum atomic E-state index is 9.21. The fourth-order valence-electron chi connectivity index (χ4n) is 3.01. The van der Waals surface area contributed by atoms with Crippen molar-refractivity contribution >= 4 is 5.57 Å². The van der Waals surface area contributed by atoms with E-state index in [9.17, 15) is 5.11 Å². The molecule has 1 nitrogen and oxygen atoms in total. The first-order chi connectivity index (χ1) is 9.35. The summed E-state index contributed by atoms with van der Waals surface area (Å²) in [5, 5.41) is 9.21. The second kappa shape index (κ2) is 5.02. The molecule has 96 valence electrons. The van der Waals surface area contributed by atoms with Crippen molar-refractivity contribution in [2.24, 2.45) is 0 Å². The third-order valence-electron chi connectivity index (χ3n) is 3.93. The summed E-state index contributed by atoms with van der Waals surface area (Å²) in [4.78, 5) is 0. The van der Waals surface area contributed by atoms with Gasteiger partial charge in [0, 0.05) is 6.61 Å². The third kappa shape index (κ3) is 2.00. The number of benzene rings is 2. The summed E-state index contributed by atoms with van der Waals surface area (Å²) >= 11 is 0. The van der Waals surface area contributed by atoms with Crippen LogP contribution < -0.4 is 0 Å². The van der Waals surface area contributed by atoms with Crippen molar-refractivity contribution in [1.29, 1.82) is 0 Å². The summed E-state index contributed by atoms with van der Waals surface area (Å²) < 4.78 is 0. The highest BCUT2D eigenvalue weighted by Gasteiger charge is 2.21. The van der Waals surface area contributed by atoms with Crippen molar-refractivity contribution in [3.05, 3.63) is 65.2 Å². The van der Waals surface area contributed by atoms with Crippen LogP contribution in [0.3, 0.4) is 0 Å². The molecule has 0 bridgehead atoms. The van der Waals surface area contributed by atoms with Gasteiger partial charge in [-0.3, -0.25) is 0 Å². The summed E-state index contributed by atoms with van der Waals surface area (Å²) in [5.74, 6) is 0. The van der Waals surface area contributed by atoms with E-state index in [0.29, 0.717) is 0 Å². The van der Waals surface area contributed by atoms with Crippen LogP contribution in [0.25, 0.3) is 16.7 Å². The fourth-order valence-corrected chi connectivity index (χ4v) is 3.01. The molecule has 0 heterocycles. The smallest absolute Gasteiger partial charge is 0.0471 e. The lowest BCUT2D eigenvalue weighted by atomic mass is 9.94. The zero-order valence-corrected chi connectivity index (χ0v) is 11.2. The van der Waals surface area contributed by atoms with E-state index in [4.69, 9.17) is 0 Å². The quantitative estimate of drug-likeness (QED) is 0.743. The van der Waals surface area contributed by atoms with E-state index >= 15 is 0 Å². The SMILES string of the molecule is CC=C(CCO)c1cccc2c1Cc1ccccc1-2. The Kier molecular flexibility index (Phi) is 3.22. The van der Waals surface area contributed by atoms with Gasteiger partial charge in [0.15, 0.2) is 0 Å². The van der Waals surface area contributed by atoms with Crippen molar-refractivity contribution in [1.82, 2.24) is 0 Å². The highest BCUT2D eigenvalue weighted by molar-refractivity contribution is 5.83. The minimum absolute atomic E-state index is 0.205. The van der Waals surface area contributed by atoms with Crippen molar-refractivity contribution in [3.63, 3.8) is 0 Å². The van der Waals surface area contributed by atoms with Gasteiger partial charge in [-0.25, -0.2) is 0 Å². The molecular weight excluding hydrogens is 232 g/mol. The summed E-state index contributed by atoms with van der Waals surface area (Å²) in [6.45, 7) is 2.25. The van der Waals surface area contributed by atoms with Gasteiger partial charge in [0.05, 0.1) is 0 Å². The molecule has 1 N–H and O–H groups in total. The van der Waals surface area contributed by atoms with E-state index in [-0.39, 0.29) is 6.61 Å². The molecule has 0 aliphatic heterocycles. The Morgan fingerprint density at radius 1 is 1.11 bits per heavy atom. The molecule has 0 saturated carbocycles. The van der Waals surface area contributed by atoms with Gasteiger partial charge in [-0.05, 0) is 53.2 Å². The average molecular weight is 250 g/mol. The summed E-state index contributed by atoms with van der Waals surface area (Å²) in [6.07, 6.45) is 3.85. The normalized spacial score (nSPS) is 13.3. The van der Waals surface area contributed by atoms with Crippen LogP contribution in [-0.2, 0) is 6.42 Å². The van der Waals surface area contributed by atoms with Gasteiger partial charge >= 0.3 is 0 Å². The molecule has 1 aliphatic rings. The Morgan fingerprint density at radius 3 is 2.68 bits per heavy atom. The van der Waals surface area contributed by atoms with Crippen molar-refractivity contribution in [2.75, 3.05) is 6.61 Å². The number of hydrogen-bond acceptors (Lipinski definition) is 1. The molecular formula is C18H18O. The van der Waals surface area contributed by atoms with Crippen LogP contribution in [-0.4, -0.2) is 11.7 Å². The number of allylic oxidation sites excluding steroid dienone is 1. The van der Waals surface area contributed by atoms with Crippen molar-refractivity contribution < 1.29 is 5.11 Å². The van der Waals surface area contributed by atoms with Crippen LogP contribution in [0.4, 0.5) is 0 Å². The van der Waals surface area contributed by atoms with E-state index in [1.165, 1.54) is 33.4 Å². The Bertz CT molecular complexity index is 638. The summed E-state index contributed by atoms with van der Waals surface area (Å²) in [6, 6.07) is 15.1. The number of fused-ring (bicyclic) bond motifs is 3. The maximum Gasteiger partial charge on any atom is 0.0471 e. The maximum absolute atomic E-state index is 9.21. The highest BCUT2D eigenvalue weighted by Crippen LogP contribution is 2.40. The zero-order valence-electron chi connectivity index (χ0n) is 11.2. The van der Waals surface area contributed by atoms with Gasteiger partial charge in [0.25, 0.3) is 0 Å². The zero-order chi connectivity index (χ0) is 13.2. The fraction of sp³-hybridized carbons (Fsp3) is 0.222. The van der Waals surface area contributed by atoms with Crippen LogP contribution in [0.5, 0.6) is 0 Å². The predicted molar refractivity (Wildman–Crippen MR) is 80.0 cm³/mol. The molecule has 0 radical (unpaired) electrons. The lowest BCUT2D eigenvalue weighted by molar-refractivity contribution is 0.305. The minimum atomic E-state index is 0.205. The van der Waals surface area contributed by atoms with Crippen LogP contribution >= 0.6 is 0 Å². The van der Waals surface area contributed by atoms with Crippen LogP contribution in [0.1, 0.15) is 30.0 Å². The first-order valence-electron chi connectivity index (χ1n) is 6.81. The third-order valence-corrected chi connectivity index (χ3v) is 3.93. The molecule has 0 saturated heterocycles. The Morgan fingerprint density at radius 2 is 1.89 bits per heavy atom. The predicted octanol–water partition coefficient (Wildman–Crippen LogP) is 4.04. The summed E-state index contributed by atoms with van der Waals surface area (Å²) in [7, 11) is 0. The van der Waals surface area contributed by atoms with Crippen LogP contribution in [0.15, 0.2) is 48.5 Å². The molecule has 0 amide bonds. The van der Waals surface area contributed by atoms with Gasteiger partial charge in [-0.2, -0.15) is 0 Å². The molecule has 0 unspecified atom stereocenters. The molecule has 2 aromatic carbocycles. The molecule has 1 heteroatoms. The van der Waals surface area contributed by atoms with Gasteiger partial charge < -0.3 is 5.11 Å². The lowest BCUT2D eigenvalue weighted by Gasteiger charge is -2.11. The number of aliphatic hydroxyl groups is 1. The Hall–Kier alpha value is -1.86. The highest BCUT2D eigenvalue weighted by atomic mass is 16.2. The van der Waals surface area contributed by atoms with Gasteiger partial charge in [-0.1, -0.05) is 48.5 Å². The van der Waals surface area contributed by atoms with E-state index < -0.39 is 0 Å². The van der Waals surface area contributed by atoms with E-state index in [2.05, 4.69) is 48.5 Å². The molecule has 2 aromatic rings. The molecule has 0 atom stereocenters. The minimum Gasteiger partial charge on any atom is -0.396 e. The van der Waals surface area contributed by atoms with E-state index in [1.54, 1.807) is 0 Å². The first-order valence-corrected chi connectivity index (χ1v) is 6.81. The van der Waals surface area contributed by atoms with Crippen LogP contribution in [0.2, 0.25) is 0 Å². The molecule has 0 spiro atoms. The molecule has 3 rings (SSSR count). The monoisotopic (exact) mass is 250 g/mol. The second-order valence-electron chi connectivity index (χ2n) is 4.95. The Balaban J connectivity index is 2.13. The van der Waals surface area contributed by atoms with Gasteiger partial charge in [-0.15, -0.1) is 0 Å². The summed E-state index contributed by atoms with van der Waals surface area (Å²) in [5.41, 5.74) is 8.07. The largest absolute Gasteiger partial charge is 0.396 e. The average Bonchev–Trinajstić information content (AvgIpc) is 2.83.